The molecule has 0 aliphatic rings. The van der Waals surface area contributed by atoms with Gasteiger partial charge in [0.2, 0.25) is 0 Å². The van der Waals surface area contributed by atoms with E-state index >= 15 is 0 Å². The first-order valence-electron chi connectivity index (χ1n) is 29.8. The summed E-state index contributed by atoms with van der Waals surface area (Å²) in [4.78, 5) is 35.0. The molecular formula is C61H112NO8P. The minimum absolute atomic E-state index is 0.0532. The molecule has 71 heavy (non-hydrogen) atoms. The van der Waals surface area contributed by atoms with Gasteiger partial charge in [0, 0.05) is 19.4 Å². The molecule has 0 aromatic carbocycles. The smallest absolute Gasteiger partial charge is 0.462 e. The Morgan fingerprint density at radius 2 is 0.775 bits per heavy atom. The van der Waals surface area contributed by atoms with Gasteiger partial charge in [-0.1, -0.05) is 261 Å². The molecule has 0 aromatic heterocycles. The van der Waals surface area contributed by atoms with E-state index in [1.807, 2.05) is 0 Å². The Bertz CT molecular complexity index is 1350. The normalized spacial score (nSPS) is 13.5. The van der Waals surface area contributed by atoms with Crippen molar-refractivity contribution in [2.45, 2.75) is 290 Å². The van der Waals surface area contributed by atoms with Gasteiger partial charge in [-0.2, -0.15) is 0 Å². The molecule has 0 rings (SSSR count). The van der Waals surface area contributed by atoms with Gasteiger partial charge in [-0.05, 0) is 70.6 Å². The maximum Gasteiger partial charge on any atom is 0.472 e. The van der Waals surface area contributed by atoms with Crippen molar-refractivity contribution < 1.29 is 37.6 Å². The molecule has 0 fully saturated rings. The van der Waals surface area contributed by atoms with Crippen molar-refractivity contribution in [1.82, 2.24) is 0 Å². The maximum atomic E-state index is 12.7. The predicted molar refractivity (Wildman–Crippen MR) is 303 cm³/mol. The summed E-state index contributed by atoms with van der Waals surface area (Å²) in [5.41, 5.74) is 5.37. The Balaban J connectivity index is 3.72. The van der Waals surface area contributed by atoms with Crippen molar-refractivity contribution in [1.29, 1.82) is 0 Å². The van der Waals surface area contributed by atoms with Crippen LogP contribution in [0.25, 0.3) is 0 Å². The quantitative estimate of drug-likeness (QED) is 0.0264. The average molecular weight is 1020 g/mol. The molecular weight excluding hydrogens is 906 g/mol. The second-order valence-electron chi connectivity index (χ2n) is 19.8. The fourth-order valence-corrected chi connectivity index (χ4v) is 9.26. The highest BCUT2D eigenvalue weighted by Gasteiger charge is 2.26. The summed E-state index contributed by atoms with van der Waals surface area (Å²) >= 11 is 0. The lowest BCUT2D eigenvalue weighted by Crippen LogP contribution is -2.29. The van der Waals surface area contributed by atoms with E-state index in [2.05, 4.69) is 74.6 Å². The molecule has 2 atom stereocenters. The summed E-state index contributed by atoms with van der Waals surface area (Å²) < 4.78 is 32.9. The third-order valence-electron chi connectivity index (χ3n) is 12.9. The van der Waals surface area contributed by atoms with Crippen LogP contribution in [-0.4, -0.2) is 49.3 Å². The van der Waals surface area contributed by atoms with Gasteiger partial charge in [-0.15, -0.1) is 0 Å². The Kier molecular flexibility index (Phi) is 55.2. The lowest BCUT2D eigenvalue weighted by Gasteiger charge is -2.19. The summed E-state index contributed by atoms with van der Waals surface area (Å²) in [6, 6.07) is 0. The Hall–Kier alpha value is -2.29. The number of carbonyl (C=O) groups is 2. The molecule has 2 unspecified atom stereocenters. The third kappa shape index (κ3) is 56.9. The minimum atomic E-state index is -4.38. The summed E-state index contributed by atoms with van der Waals surface area (Å²) in [5.74, 6) is -0.829. The van der Waals surface area contributed by atoms with E-state index in [4.69, 9.17) is 24.3 Å². The molecule has 3 N–H and O–H groups in total. The van der Waals surface area contributed by atoms with Crippen LogP contribution in [-0.2, 0) is 32.7 Å². The molecule has 0 amide bonds. The van der Waals surface area contributed by atoms with Gasteiger partial charge in [0.1, 0.15) is 6.61 Å². The van der Waals surface area contributed by atoms with Crippen LogP contribution in [0.3, 0.4) is 0 Å². The summed E-state index contributed by atoms with van der Waals surface area (Å²) in [6.45, 7) is 3.60. The van der Waals surface area contributed by atoms with E-state index in [1.165, 1.54) is 167 Å². The highest BCUT2D eigenvalue weighted by Crippen LogP contribution is 2.43. The monoisotopic (exact) mass is 1020 g/mol. The van der Waals surface area contributed by atoms with Gasteiger partial charge in [0.15, 0.2) is 6.10 Å². The van der Waals surface area contributed by atoms with E-state index in [0.717, 1.165) is 83.5 Å². The molecule has 0 bridgehead atoms. The van der Waals surface area contributed by atoms with E-state index in [1.54, 1.807) is 0 Å². The average Bonchev–Trinajstić information content (AvgIpc) is 3.36. The standard InChI is InChI=1S/C61H112NO8P/c1-3-5-7-9-11-13-15-16-17-18-19-20-21-22-23-24-25-26-27-28-29-30-31-32-33-34-35-36-37-38-39-40-41-42-44-46-48-50-52-54-61(64)70-59(58-69-71(65,66)68-56-55-62)57-67-60(63)53-51-49-47-45-43-14-12-10-8-6-4-2/h5,7,10-13,16-17,19-20,59H,3-4,6,8-9,14-15,18,21-58,62H2,1-2H3,(H,65,66)/b7-5-,12-10-,13-11-,17-16-,20-19-. The number of esters is 2. The molecule has 0 aliphatic heterocycles. The van der Waals surface area contributed by atoms with E-state index in [-0.39, 0.29) is 38.6 Å². The molecule has 414 valence electrons. The summed E-state index contributed by atoms with van der Waals surface area (Å²) in [6.07, 6.45) is 71.8. The highest BCUT2D eigenvalue weighted by atomic mass is 31.2. The molecule has 9 nitrogen and oxygen atoms in total. The van der Waals surface area contributed by atoms with Crippen molar-refractivity contribution in [3.05, 3.63) is 60.8 Å². The number of nitrogens with two attached hydrogens (primary N) is 1. The van der Waals surface area contributed by atoms with Crippen molar-refractivity contribution in [3.8, 4) is 0 Å². The fourth-order valence-electron chi connectivity index (χ4n) is 8.49. The Morgan fingerprint density at radius 1 is 0.437 bits per heavy atom. The summed E-state index contributed by atoms with van der Waals surface area (Å²) in [5, 5.41) is 0. The lowest BCUT2D eigenvalue weighted by atomic mass is 10.0. The third-order valence-corrected chi connectivity index (χ3v) is 13.9. The lowest BCUT2D eigenvalue weighted by molar-refractivity contribution is -0.161. The van der Waals surface area contributed by atoms with Crippen LogP contribution in [0, 0.1) is 0 Å². The fraction of sp³-hybridized carbons (Fsp3) is 0.803. The zero-order chi connectivity index (χ0) is 51.7. The summed E-state index contributed by atoms with van der Waals surface area (Å²) in [7, 11) is -4.38. The van der Waals surface area contributed by atoms with E-state index in [0.29, 0.717) is 6.42 Å². The molecule has 10 heteroatoms. The first-order valence-corrected chi connectivity index (χ1v) is 31.3. The van der Waals surface area contributed by atoms with Gasteiger partial charge in [0.05, 0.1) is 13.2 Å². The SMILES string of the molecule is CC/C=C\C/C=C\C/C=C\C/C=C\CCCCCCCCCCCCCCCCCCCCCCCCCCCCC(=O)OC(COC(=O)CCCCCCC/C=C\CCCC)COP(=O)(O)OCCN. The van der Waals surface area contributed by atoms with Crippen molar-refractivity contribution in [2.24, 2.45) is 5.73 Å². The second kappa shape index (κ2) is 57.0. The van der Waals surface area contributed by atoms with Crippen molar-refractivity contribution in [3.63, 3.8) is 0 Å². The second-order valence-corrected chi connectivity index (χ2v) is 21.3. The van der Waals surface area contributed by atoms with Gasteiger partial charge in [-0.3, -0.25) is 18.6 Å². The zero-order valence-corrected chi connectivity index (χ0v) is 47.1. The number of unbranched alkanes of at least 4 members (excludes halogenated alkanes) is 33. The molecule has 0 saturated heterocycles. The van der Waals surface area contributed by atoms with Gasteiger partial charge in [0.25, 0.3) is 0 Å². The molecule has 0 heterocycles. The number of rotatable bonds is 56. The zero-order valence-electron chi connectivity index (χ0n) is 46.2. The van der Waals surface area contributed by atoms with Crippen molar-refractivity contribution in [2.75, 3.05) is 26.4 Å². The van der Waals surface area contributed by atoms with Gasteiger partial charge >= 0.3 is 19.8 Å². The van der Waals surface area contributed by atoms with Crippen LogP contribution >= 0.6 is 7.82 Å². The Morgan fingerprint density at radius 3 is 1.17 bits per heavy atom. The number of carbonyl (C=O) groups excluding carboxylic acids is 2. The topological polar surface area (TPSA) is 134 Å². The van der Waals surface area contributed by atoms with Crippen LogP contribution in [0.1, 0.15) is 284 Å². The minimum Gasteiger partial charge on any atom is -0.462 e. The Labute approximate surface area is 438 Å². The highest BCUT2D eigenvalue weighted by molar-refractivity contribution is 7.47. The molecule has 0 aliphatic carbocycles. The predicted octanol–water partition coefficient (Wildman–Crippen LogP) is 18.7. The van der Waals surface area contributed by atoms with Crippen LogP contribution in [0.15, 0.2) is 60.8 Å². The number of phosphoric ester groups is 1. The maximum absolute atomic E-state index is 12.7. The first kappa shape index (κ1) is 68.7. The van der Waals surface area contributed by atoms with Crippen LogP contribution in [0.4, 0.5) is 0 Å². The molecule has 0 radical (unpaired) electrons. The van der Waals surface area contributed by atoms with E-state index in [9.17, 15) is 19.0 Å². The number of allylic oxidation sites excluding steroid dienone is 10. The number of hydrogen-bond acceptors (Lipinski definition) is 8. The van der Waals surface area contributed by atoms with Crippen LogP contribution in [0.5, 0.6) is 0 Å². The number of ether oxygens (including phenoxy) is 2. The molecule has 0 aromatic rings. The number of hydrogen-bond donors (Lipinski definition) is 2. The van der Waals surface area contributed by atoms with Gasteiger partial charge < -0.3 is 20.1 Å². The van der Waals surface area contributed by atoms with Crippen LogP contribution in [0.2, 0.25) is 0 Å². The molecule has 0 spiro atoms. The molecule has 0 saturated carbocycles. The van der Waals surface area contributed by atoms with E-state index < -0.39 is 26.5 Å². The van der Waals surface area contributed by atoms with Crippen molar-refractivity contribution >= 4 is 19.8 Å². The van der Waals surface area contributed by atoms with Gasteiger partial charge in [-0.25, -0.2) is 4.57 Å². The number of phosphoric acid groups is 1. The first-order chi connectivity index (χ1) is 34.8. The largest absolute Gasteiger partial charge is 0.472 e. The van der Waals surface area contributed by atoms with Crippen LogP contribution < -0.4 is 5.73 Å².